The van der Waals surface area contributed by atoms with Gasteiger partial charge in [0, 0.05) is 42.4 Å². The number of hydrogen-bond acceptors (Lipinski definition) is 9. The Bertz CT molecular complexity index is 2440. The number of fused-ring (bicyclic) bond motifs is 2. The Morgan fingerprint density at radius 3 is 2.34 bits per heavy atom. The highest BCUT2D eigenvalue weighted by molar-refractivity contribution is 6.23. The Hall–Kier alpha value is -6.06. The van der Waals surface area contributed by atoms with Crippen LogP contribution in [0.5, 0.6) is 5.75 Å². The quantitative estimate of drug-likeness (QED) is 0.171. The van der Waals surface area contributed by atoms with Crippen molar-refractivity contribution in [2.45, 2.75) is 127 Å². The number of likely N-dealkylation sites (tertiary alicyclic amines) is 1. The standard InChI is InChI=1S/C55H64N6O6/c56-36-41-15-24-50(46-9-5-3-1-2-4-8-45(41)46)67-44-20-16-42(17-21-44)57-52(63)40-13-18-43(19-14-40)60-33-28-38(29-34-60)27-32-59-30-6-7-37(26-31-59)10-11-39-12-22-47-48(35-39)55(66)61(54(47)65)49-23-25-51(62)58-53(49)64/h1,3,5,9,12-15,18-19,22,24,35,37-38,42,44,49H,2,4,6-8,10-11,16-17,20-21,23,25-34H2,(H,57,63)(H,58,62,64)/b3-1-,9-5-/t37?,42-,44-,49?. The first kappa shape index (κ1) is 46.1. The zero-order valence-corrected chi connectivity index (χ0v) is 38.7. The number of nitriles is 1. The molecule has 4 heterocycles. The lowest BCUT2D eigenvalue weighted by Crippen LogP contribution is -2.54. The summed E-state index contributed by atoms with van der Waals surface area (Å²) >= 11 is 0. The van der Waals surface area contributed by atoms with Gasteiger partial charge in [-0.3, -0.25) is 34.2 Å². The van der Waals surface area contributed by atoms with Crippen LogP contribution in [0.4, 0.5) is 5.69 Å². The highest BCUT2D eigenvalue weighted by atomic mass is 16.5. The van der Waals surface area contributed by atoms with Crippen molar-refractivity contribution in [2.75, 3.05) is 37.6 Å². The second-order valence-electron chi connectivity index (χ2n) is 19.6. The molecule has 4 fully saturated rings. The molecule has 12 heteroatoms. The molecule has 2 unspecified atom stereocenters. The number of nitrogens with one attached hydrogen (secondary N) is 2. The lowest BCUT2D eigenvalue weighted by molar-refractivity contribution is -0.136. The highest BCUT2D eigenvalue weighted by Crippen LogP contribution is 2.34. The van der Waals surface area contributed by atoms with E-state index in [-0.39, 0.29) is 36.8 Å². The number of imide groups is 2. The van der Waals surface area contributed by atoms with Crippen LogP contribution in [0.1, 0.15) is 150 Å². The van der Waals surface area contributed by atoms with Gasteiger partial charge in [0.2, 0.25) is 11.8 Å². The monoisotopic (exact) mass is 904 g/mol. The van der Waals surface area contributed by atoms with Gasteiger partial charge in [0.1, 0.15) is 11.8 Å². The molecular weight excluding hydrogens is 841 g/mol. The molecule has 5 amide bonds. The van der Waals surface area contributed by atoms with Crippen LogP contribution in [0, 0.1) is 23.2 Å². The fourth-order valence-corrected chi connectivity index (χ4v) is 11.2. The van der Waals surface area contributed by atoms with E-state index < -0.39 is 23.8 Å². The predicted octanol–water partition coefficient (Wildman–Crippen LogP) is 8.33. The van der Waals surface area contributed by atoms with Crippen molar-refractivity contribution in [2.24, 2.45) is 11.8 Å². The lowest BCUT2D eigenvalue weighted by atomic mass is 9.92. The van der Waals surface area contributed by atoms with Crippen molar-refractivity contribution in [3.05, 3.63) is 112 Å². The number of ether oxygens (including phenoxy) is 1. The summed E-state index contributed by atoms with van der Waals surface area (Å²) in [5.74, 6) is 0.274. The number of hydrogen-bond donors (Lipinski definition) is 2. The average Bonchev–Trinajstić information content (AvgIpc) is 3.47. The number of aryl methyl sites for hydroxylation is 1. The summed E-state index contributed by atoms with van der Waals surface area (Å²) < 4.78 is 6.57. The first-order chi connectivity index (χ1) is 32.7. The number of carbonyl (C=O) groups excluding carboxylic acids is 5. The molecule has 67 heavy (non-hydrogen) atoms. The minimum atomic E-state index is -0.947. The maximum Gasteiger partial charge on any atom is 0.262 e. The van der Waals surface area contributed by atoms with E-state index in [1.54, 1.807) is 6.07 Å². The number of amides is 5. The molecule has 0 aromatic heterocycles. The Kier molecular flexibility index (Phi) is 14.6. The molecule has 9 rings (SSSR count). The van der Waals surface area contributed by atoms with Crippen molar-refractivity contribution in [3.8, 4) is 11.8 Å². The summed E-state index contributed by atoms with van der Waals surface area (Å²) in [5.41, 5.74) is 6.41. The number of rotatable bonds is 12. The third-order valence-electron chi connectivity index (χ3n) is 15.3. The maximum atomic E-state index is 13.3. The van der Waals surface area contributed by atoms with Crippen molar-refractivity contribution in [1.29, 1.82) is 5.26 Å². The molecule has 12 nitrogen and oxygen atoms in total. The summed E-state index contributed by atoms with van der Waals surface area (Å²) in [6, 6.07) is 19.0. The van der Waals surface area contributed by atoms with Gasteiger partial charge in [-0.15, -0.1) is 0 Å². The number of piperidine rings is 2. The van der Waals surface area contributed by atoms with Crippen LogP contribution in [0.25, 0.3) is 6.08 Å². The van der Waals surface area contributed by atoms with Gasteiger partial charge in [0.25, 0.3) is 17.7 Å². The first-order valence-electron chi connectivity index (χ1n) is 25.0. The average molecular weight is 905 g/mol. The zero-order valence-electron chi connectivity index (χ0n) is 38.7. The minimum Gasteiger partial charge on any atom is -0.490 e. The summed E-state index contributed by atoms with van der Waals surface area (Å²) in [5, 5.41) is 15.3. The molecule has 0 bridgehead atoms. The van der Waals surface area contributed by atoms with Gasteiger partial charge in [-0.05, 0) is 194 Å². The Balaban J connectivity index is 0.669. The van der Waals surface area contributed by atoms with Crippen LogP contribution in [-0.4, -0.2) is 90.2 Å². The predicted molar refractivity (Wildman–Crippen MR) is 258 cm³/mol. The van der Waals surface area contributed by atoms with Gasteiger partial charge in [-0.2, -0.15) is 5.26 Å². The smallest absolute Gasteiger partial charge is 0.262 e. The van der Waals surface area contributed by atoms with Crippen LogP contribution >= 0.6 is 0 Å². The molecule has 3 saturated heterocycles. The van der Waals surface area contributed by atoms with E-state index in [0.717, 1.165) is 130 Å². The van der Waals surface area contributed by atoms with Gasteiger partial charge in [-0.1, -0.05) is 30.4 Å². The number of carbonyl (C=O) groups is 5. The van der Waals surface area contributed by atoms with Crippen LogP contribution < -0.4 is 20.3 Å². The SMILES string of the molecule is N#Cc1ccc(O[C@H]2CC[C@H](NC(=O)c3ccc(N4CCC(CCN5CCCC(CCc6ccc7c(c6)C(=O)N(C6CCC(=O)NC6=O)C7=O)CC5)CC4)cc3)CC2)c2c1CCC/C=C\C=C/2. The molecule has 350 valence electrons. The molecule has 3 aromatic rings. The Labute approximate surface area is 394 Å². The van der Waals surface area contributed by atoms with Crippen LogP contribution in [0.15, 0.2) is 72.8 Å². The van der Waals surface area contributed by atoms with Crippen molar-refractivity contribution in [3.63, 3.8) is 0 Å². The second-order valence-corrected chi connectivity index (χ2v) is 19.6. The molecule has 2 N–H and O–H groups in total. The summed E-state index contributed by atoms with van der Waals surface area (Å²) in [6.07, 6.45) is 24.0. The highest BCUT2D eigenvalue weighted by Gasteiger charge is 2.44. The molecular formula is C55H64N6O6. The molecule has 1 saturated carbocycles. The topological polar surface area (TPSA) is 152 Å². The second kappa shape index (κ2) is 21.3. The Morgan fingerprint density at radius 1 is 0.776 bits per heavy atom. The summed E-state index contributed by atoms with van der Waals surface area (Å²) in [7, 11) is 0. The van der Waals surface area contributed by atoms with E-state index in [1.807, 2.05) is 42.5 Å². The molecule has 4 aliphatic heterocycles. The van der Waals surface area contributed by atoms with Crippen molar-refractivity contribution < 1.29 is 28.7 Å². The molecule has 2 atom stereocenters. The van der Waals surface area contributed by atoms with Crippen molar-refractivity contribution >= 4 is 41.3 Å². The summed E-state index contributed by atoms with van der Waals surface area (Å²) in [6.45, 7) is 5.43. The first-order valence-corrected chi connectivity index (χ1v) is 25.0. The lowest BCUT2D eigenvalue weighted by Gasteiger charge is -2.34. The largest absolute Gasteiger partial charge is 0.490 e. The van der Waals surface area contributed by atoms with E-state index >= 15 is 0 Å². The van der Waals surface area contributed by atoms with Gasteiger partial charge >= 0.3 is 0 Å². The fraction of sp³-hybridized carbons (Fsp3) is 0.491. The number of nitrogens with zero attached hydrogens (tertiary/aromatic N) is 4. The third-order valence-corrected chi connectivity index (χ3v) is 15.3. The van der Waals surface area contributed by atoms with Gasteiger partial charge < -0.3 is 19.9 Å². The van der Waals surface area contributed by atoms with E-state index in [0.29, 0.717) is 28.5 Å². The fourth-order valence-electron chi connectivity index (χ4n) is 11.2. The van der Waals surface area contributed by atoms with E-state index in [1.165, 1.54) is 37.8 Å². The number of anilines is 1. The van der Waals surface area contributed by atoms with E-state index in [4.69, 9.17) is 4.74 Å². The molecule has 0 radical (unpaired) electrons. The van der Waals surface area contributed by atoms with E-state index in [9.17, 15) is 29.2 Å². The van der Waals surface area contributed by atoms with Crippen LogP contribution in [-0.2, 0) is 22.4 Å². The molecule has 2 aliphatic carbocycles. The van der Waals surface area contributed by atoms with Crippen molar-refractivity contribution in [1.82, 2.24) is 20.4 Å². The number of benzene rings is 3. The Morgan fingerprint density at radius 2 is 1.55 bits per heavy atom. The van der Waals surface area contributed by atoms with Gasteiger partial charge in [0.15, 0.2) is 0 Å². The van der Waals surface area contributed by atoms with Crippen LogP contribution in [0.2, 0.25) is 0 Å². The molecule has 3 aromatic carbocycles. The third kappa shape index (κ3) is 10.9. The number of allylic oxidation sites excluding steroid dienone is 3. The molecule has 6 aliphatic rings. The van der Waals surface area contributed by atoms with E-state index in [2.05, 4.69) is 56.9 Å². The molecule has 0 spiro atoms. The normalized spacial score (nSPS) is 24.8. The van der Waals surface area contributed by atoms with Crippen LogP contribution in [0.3, 0.4) is 0 Å². The maximum absolute atomic E-state index is 13.3. The van der Waals surface area contributed by atoms with Gasteiger partial charge in [0.05, 0.1) is 28.9 Å². The van der Waals surface area contributed by atoms with Gasteiger partial charge in [-0.25, -0.2) is 0 Å². The minimum absolute atomic E-state index is 0.0192. The zero-order chi connectivity index (χ0) is 46.3. The summed E-state index contributed by atoms with van der Waals surface area (Å²) in [4.78, 5) is 70.0.